The molecule has 1 heterocycles. The molecule has 2 aromatic rings. The molecular weight excluding hydrogens is 384 g/mol. The first-order chi connectivity index (χ1) is 13.1. The minimum atomic E-state index is -1.05. The molecule has 2 rings (SSSR count). The topological polar surface area (TPSA) is 102 Å². The molecule has 0 bridgehead atoms. The van der Waals surface area contributed by atoms with Crippen molar-refractivity contribution in [3.05, 3.63) is 46.2 Å². The van der Waals surface area contributed by atoms with Crippen LogP contribution in [0.25, 0.3) is 0 Å². The third-order valence-electron chi connectivity index (χ3n) is 4.24. The number of rotatable bonds is 6. The molecule has 28 heavy (non-hydrogen) atoms. The van der Waals surface area contributed by atoms with Gasteiger partial charge in [0, 0.05) is 7.05 Å². The van der Waals surface area contributed by atoms with Crippen molar-refractivity contribution in [3.63, 3.8) is 0 Å². The van der Waals surface area contributed by atoms with Crippen LogP contribution in [-0.4, -0.2) is 39.7 Å². The Hall–Kier alpha value is -2.87. The fourth-order valence-corrected chi connectivity index (χ4v) is 2.71. The van der Waals surface area contributed by atoms with Gasteiger partial charge in [0.05, 0.1) is 27.7 Å². The number of nitrogens with one attached hydrogen (secondary N) is 2. The molecule has 0 spiro atoms. The summed E-state index contributed by atoms with van der Waals surface area (Å²) < 4.78 is 6.82. The van der Waals surface area contributed by atoms with Crippen LogP contribution >= 0.6 is 11.6 Å². The maximum absolute atomic E-state index is 12.3. The third-order valence-corrected chi connectivity index (χ3v) is 4.57. The molecule has 9 heteroatoms. The van der Waals surface area contributed by atoms with Crippen molar-refractivity contribution in [1.82, 2.24) is 15.1 Å². The summed E-state index contributed by atoms with van der Waals surface area (Å²) in [5, 5.41) is 9.71. The van der Waals surface area contributed by atoms with E-state index in [-0.39, 0.29) is 10.6 Å². The molecule has 0 aliphatic heterocycles. The number of esters is 1. The van der Waals surface area contributed by atoms with Gasteiger partial charge in [-0.3, -0.25) is 14.3 Å². The van der Waals surface area contributed by atoms with E-state index in [0.29, 0.717) is 11.4 Å². The Kier molecular flexibility index (Phi) is 6.80. The van der Waals surface area contributed by atoms with Gasteiger partial charge in [-0.25, -0.2) is 4.79 Å². The zero-order chi connectivity index (χ0) is 21.0. The van der Waals surface area contributed by atoms with E-state index in [1.165, 1.54) is 13.8 Å². The first-order valence-electron chi connectivity index (χ1n) is 8.68. The first kappa shape index (κ1) is 21.4. The highest BCUT2D eigenvalue weighted by Gasteiger charge is 2.25. The van der Waals surface area contributed by atoms with Crippen molar-refractivity contribution in [2.75, 3.05) is 5.32 Å². The maximum atomic E-state index is 12.3. The second-order valence-corrected chi connectivity index (χ2v) is 6.82. The molecule has 0 radical (unpaired) electrons. The van der Waals surface area contributed by atoms with E-state index in [9.17, 15) is 14.4 Å². The fraction of sp³-hybridized carbons (Fsp3) is 0.368. The van der Waals surface area contributed by atoms with E-state index in [1.807, 2.05) is 6.92 Å². The number of benzene rings is 1. The van der Waals surface area contributed by atoms with Gasteiger partial charge < -0.3 is 15.4 Å². The molecule has 2 atom stereocenters. The first-order valence-corrected chi connectivity index (χ1v) is 9.06. The van der Waals surface area contributed by atoms with Crippen molar-refractivity contribution in [1.29, 1.82) is 0 Å². The second-order valence-electron chi connectivity index (χ2n) is 6.41. The van der Waals surface area contributed by atoms with E-state index in [1.54, 1.807) is 42.9 Å². The Morgan fingerprint density at radius 3 is 2.39 bits per heavy atom. The minimum Gasteiger partial charge on any atom is -0.451 e. The van der Waals surface area contributed by atoms with Gasteiger partial charge >= 0.3 is 5.97 Å². The number of carbonyl (C=O) groups excluding carboxylic acids is 3. The number of aromatic nitrogens is 2. The van der Waals surface area contributed by atoms with Gasteiger partial charge in [0.2, 0.25) is 0 Å². The normalized spacial score (nSPS) is 12.8. The van der Waals surface area contributed by atoms with Crippen molar-refractivity contribution < 1.29 is 19.1 Å². The molecule has 1 aromatic carbocycles. The van der Waals surface area contributed by atoms with Crippen molar-refractivity contribution in [3.8, 4) is 0 Å². The van der Waals surface area contributed by atoms with Crippen LogP contribution in [0.3, 0.4) is 0 Å². The maximum Gasteiger partial charge on any atom is 0.329 e. The lowest BCUT2D eigenvalue weighted by molar-refractivity contribution is -0.154. The highest BCUT2D eigenvalue weighted by Crippen LogP contribution is 2.19. The number of ether oxygens (including phenoxy) is 1. The summed E-state index contributed by atoms with van der Waals surface area (Å²) in [6.45, 7) is 6.51. The minimum absolute atomic E-state index is 0.247. The predicted octanol–water partition coefficient (Wildman–Crippen LogP) is 2.38. The van der Waals surface area contributed by atoms with Gasteiger partial charge in [-0.15, -0.1) is 0 Å². The molecule has 1 aromatic heterocycles. The lowest BCUT2D eigenvalue weighted by Crippen LogP contribution is -2.42. The van der Waals surface area contributed by atoms with Crippen molar-refractivity contribution >= 4 is 35.1 Å². The number of hydrogen-bond acceptors (Lipinski definition) is 5. The molecular formula is C19H23ClN4O4. The predicted molar refractivity (Wildman–Crippen MR) is 105 cm³/mol. The Morgan fingerprint density at radius 1 is 1.18 bits per heavy atom. The monoisotopic (exact) mass is 406 g/mol. The molecule has 8 nitrogen and oxygen atoms in total. The van der Waals surface area contributed by atoms with E-state index in [4.69, 9.17) is 16.3 Å². The molecule has 2 N–H and O–H groups in total. The number of nitrogens with zero attached hydrogens (tertiary/aromatic N) is 2. The number of halogens is 1. The quantitative estimate of drug-likeness (QED) is 0.717. The van der Waals surface area contributed by atoms with Crippen LogP contribution in [0.1, 0.15) is 35.6 Å². The van der Waals surface area contributed by atoms with Gasteiger partial charge in [-0.2, -0.15) is 5.10 Å². The van der Waals surface area contributed by atoms with Crippen LogP contribution in [0.15, 0.2) is 24.3 Å². The second kappa shape index (κ2) is 8.88. The fourth-order valence-electron chi connectivity index (χ4n) is 2.49. The number of carbonyl (C=O) groups is 3. The summed E-state index contributed by atoms with van der Waals surface area (Å²) >= 11 is 5.98. The average Bonchev–Trinajstić information content (AvgIpc) is 2.87. The number of hydrogen-bond donors (Lipinski definition) is 2. The van der Waals surface area contributed by atoms with Crippen LogP contribution in [0, 0.1) is 13.8 Å². The zero-order valence-electron chi connectivity index (χ0n) is 16.4. The molecule has 0 fully saturated rings. The van der Waals surface area contributed by atoms with Gasteiger partial charge in [-0.05, 0) is 39.8 Å². The highest BCUT2D eigenvalue weighted by molar-refractivity contribution is 6.33. The van der Waals surface area contributed by atoms with Gasteiger partial charge in [0.1, 0.15) is 6.04 Å². The lowest BCUT2D eigenvalue weighted by Gasteiger charge is -2.18. The summed E-state index contributed by atoms with van der Waals surface area (Å²) in [5.74, 6) is -1.73. The highest BCUT2D eigenvalue weighted by atomic mass is 35.5. The van der Waals surface area contributed by atoms with E-state index >= 15 is 0 Å². The molecule has 0 aliphatic carbocycles. The Bertz CT molecular complexity index is 909. The number of amides is 2. The molecule has 2 amide bonds. The van der Waals surface area contributed by atoms with Crippen molar-refractivity contribution in [2.45, 2.75) is 39.8 Å². The summed E-state index contributed by atoms with van der Waals surface area (Å²) in [6, 6.07) is 5.53. The largest absolute Gasteiger partial charge is 0.451 e. The lowest BCUT2D eigenvalue weighted by atomic mass is 10.2. The SMILES string of the molecule is Cc1nn(C)c(C)c1NC(=O)C(C)OC(=O)[C@H](C)NC(=O)c1ccccc1Cl. The van der Waals surface area contributed by atoms with Crippen LogP contribution in [-0.2, 0) is 21.4 Å². The number of aryl methyl sites for hydroxylation is 2. The summed E-state index contributed by atoms with van der Waals surface area (Å²) in [4.78, 5) is 36.8. The Morgan fingerprint density at radius 2 is 1.82 bits per heavy atom. The average molecular weight is 407 g/mol. The molecule has 0 saturated heterocycles. The molecule has 150 valence electrons. The van der Waals surface area contributed by atoms with Crippen molar-refractivity contribution in [2.24, 2.45) is 7.05 Å². The Labute approximate surface area is 168 Å². The standard InChI is InChI=1S/C19H23ClN4O4/c1-10-16(12(3)24(5)23-10)22-17(25)13(4)28-19(27)11(2)21-18(26)14-8-6-7-9-15(14)20/h6-9,11,13H,1-5H3,(H,21,26)(H,22,25)/t11-,13?/m0/s1. The van der Waals surface area contributed by atoms with E-state index in [0.717, 1.165) is 5.69 Å². The van der Waals surface area contributed by atoms with Crippen LogP contribution < -0.4 is 10.6 Å². The summed E-state index contributed by atoms with van der Waals surface area (Å²) in [6.07, 6.45) is -1.05. The molecule has 0 aliphatic rings. The number of anilines is 1. The van der Waals surface area contributed by atoms with Crippen LogP contribution in [0.2, 0.25) is 5.02 Å². The van der Waals surface area contributed by atoms with Gasteiger partial charge in [-0.1, -0.05) is 23.7 Å². The zero-order valence-corrected chi connectivity index (χ0v) is 17.1. The Balaban J connectivity index is 1.94. The van der Waals surface area contributed by atoms with Gasteiger partial charge in [0.25, 0.3) is 11.8 Å². The van der Waals surface area contributed by atoms with E-state index < -0.39 is 29.9 Å². The smallest absolute Gasteiger partial charge is 0.329 e. The van der Waals surface area contributed by atoms with Gasteiger partial charge in [0.15, 0.2) is 6.10 Å². The molecule has 0 saturated carbocycles. The van der Waals surface area contributed by atoms with Crippen LogP contribution in [0.5, 0.6) is 0 Å². The third kappa shape index (κ3) is 4.89. The van der Waals surface area contributed by atoms with E-state index in [2.05, 4.69) is 15.7 Å². The molecule has 1 unspecified atom stereocenters. The summed E-state index contributed by atoms with van der Waals surface area (Å²) in [7, 11) is 1.77. The summed E-state index contributed by atoms with van der Waals surface area (Å²) in [5.41, 5.74) is 2.27. The van der Waals surface area contributed by atoms with Crippen LogP contribution in [0.4, 0.5) is 5.69 Å².